The zero-order chi connectivity index (χ0) is 19.2. The van der Waals surface area contributed by atoms with E-state index >= 15 is 0 Å². The van der Waals surface area contributed by atoms with Gasteiger partial charge in [0.15, 0.2) is 11.5 Å². The molecule has 0 fully saturated rings. The molecule has 138 valence electrons. The number of hydrazone groups is 1. The standard InChI is InChI=1S/C22H22N2O3/c1-15(2)27-20-11-10-19(13-21(20)26-3)22(25)24-23-14-16-8-9-17-6-4-5-7-18(17)12-16/h4-15H,1-3H3,(H,24,25)/b23-14+. The summed E-state index contributed by atoms with van der Waals surface area (Å²) < 4.78 is 11.0. The topological polar surface area (TPSA) is 59.9 Å². The zero-order valence-electron chi connectivity index (χ0n) is 15.6. The molecule has 5 heteroatoms. The van der Waals surface area contributed by atoms with Crippen LogP contribution >= 0.6 is 0 Å². The van der Waals surface area contributed by atoms with Gasteiger partial charge in [0.1, 0.15) is 0 Å². The second kappa shape index (κ2) is 8.36. The van der Waals surface area contributed by atoms with E-state index in [9.17, 15) is 4.79 Å². The van der Waals surface area contributed by atoms with Crippen LogP contribution in [-0.2, 0) is 0 Å². The Morgan fingerprint density at radius 2 is 1.78 bits per heavy atom. The minimum absolute atomic E-state index is 0.0186. The zero-order valence-corrected chi connectivity index (χ0v) is 15.6. The molecule has 0 heterocycles. The number of hydrogen-bond acceptors (Lipinski definition) is 4. The van der Waals surface area contributed by atoms with E-state index < -0.39 is 0 Å². The number of rotatable bonds is 6. The minimum atomic E-state index is -0.318. The van der Waals surface area contributed by atoms with Gasteiger partial charge in [-0.3, -0.25) is 4.79 Å². The van der Waals surface area contributed by atoms with Crippen molar-refractivity contribution in [1.82, 2.24) is 5.43 Å². The van der Waals surface area contributed by atoms with E-state index in [-0.39, 0.29) is 12.0 Å². The molecule has 0 atom stereocenters. The lowest BCUT2D eigenvalue weighted by molar-refractivity contribution is 0.0954. The molecule has 0 aromatic heterocycles. The normalized spacial score (nSPS) is 11.1. The Labute approximate surface area is 158 Å². The number of fused-ring (bicyclic) bond motifs is 1. The highest BCUT2D eigenvalue weighted by Crippen LogP contribution is 2.28. The Morgan fingerprint density at radius 1 is 1.00 bits per heavy atom. The highest BCUT2D eigenvalue weighted by molar-refractivity contribution is 5.96. The second-order valence-corrected chi connectivity index (χ2v) is 6.34. The number of carbonyl (C=O) groups excluding carboxylic acids is 1. The quantitative estimate of drug-likeness (QED) is 0.522. The maximum Gasteiger partial charge on any atom is 0.271 e. The van der Waals surface area contributed by atoms with Crippen molar-refractivity contribution in [2.75, 3.05) is 7.11 Å². The van der Waals surface area contributed by atoms with Crippen LogP contribution in [0.5, 0.6) is 11.5 Å². The fraction of sp³-hybridized carbons (Fsp3) is 0.182. The first-order valence-electron chi connectivity index (χ1n) is 8.73. The Bertz CT molecular complexity index is 980. The first kappa shape index (κ1) is 18.5. The van der Waals surface area contributed by atoms with Crippen molar-refractivity contribution in [3.63, 3.8) is 0 Å². The summed E-state index contributed by atoms with van der Waals surface area (Å²) in [5, 5.41) is 6.34. The third-order valence-electron chi connectivity index (χ3n) is 3.94. The van der Waals surface area contributed by atoms with E-state index in [0.717, 1.165) is 16.3 Å². The maximum atomic E-state index is 12.3. The summed E-state index contributed by atoms with van der Waals surface area (Å²) in [4.78, 5) is 12.3. The molecule has 0 saturated heterocycles. The molecular formula is C22H22N2O3. The molecule has 3 aromatic rings. The van der Waals surface area contributed by atoms with Crippen LogP contribution in [0, 0.1) is 0 Å². The summed E-state index contributed by atoms with van der Waals surface area (Å²) >= 11 is 0. The average molecular weight is 362 g/mol. The van der Waals surface area contributed by atoms with Gasteiger partial charge in [-0.25, -0.2) is 5.43 Å². The summed E-state index contributed by atoms with van der Waals surface area (Å²) in [7, 11) is 1.54. The molecule has 0 unspecified atom stereocenters. The minimum Gasteiger partial charge on any atom is -0.493 e. The highest BCUT2D eigenvalue weighted by Gasteiger charge is 2.11. The molecule has 0 aliphatic carbocycles. The van der Waals surface area contributed by atoms with Crippen molar-refractivity contribution in [2.45, 2.75) is 20.0 Å². The number of nitrogens with one attached hydrogen (secondary N) is 1. The van der Waals surface area contributed by atoms with Gasteiger partial charge < -0.3 is 9.47 Å². The first-order chi connectivity index (χ1) is 13.1. The molecule has 0 spiro atoms. The van der Waals surface area contributed by atoms with Gasteiger partial charge in [-0.05, 0) is 54.4 Å². The van der Waals surface area contributed by atoms with Gasteiger partial charge in [0.2, 0.25) is 0 Å². The monoisotopic (exact) mass is 362 g/mol. The van der Waals surface area contributed by atoms with Crippen LogP contribution in [-0.4, -0.2) is 25.3 Å². The summed E-state index contributed by atoms with van der Waals surface area (Å²) in [6, 6.07) is 19.1. The Kier molecular flexibility index (Phi) is 5.71. The molecule has 1 N–H and O–H groups in total. The third-order valence-corrected chi connectivity index (χ3v) is 3.94. The second-order valence-electron chi connectivity index (χ2n) is 6.34. The first-order valence-corrected chi connectivity index (χ1v) is 8.73. The van der Waals surface area contributed by atoms with E-state index in [0.29, 0.717) is 17.1 Å². The van der Waals surface area contributed by atoms with Crippen molar-refractivity contribution in [3.05, 3.63) is 71.8 Å². The fourth-order valence-electron chi connectivity index (χ4n) is 2.68. The van der Waals surface area contributed by atoms with Gasteiger partial charge in [-0.15, -0.1) is 0 Å². The molecule has 0 bridgehead atoms. The third kappa shape index (κ3) is 4.64. The maximum absolute atomic E-state index is 12.3. The van der Waals surface area contributed by atoms with Crippen LogP contribution in [0.25, 0.3) is 10.8 Å². The highest BCUT2D eigenvalue weighted by atomic mass is 16.5. The number of benzene rings is 3. The van der Waals surface area contributed by atoms with Crippen LogP contribution in [0.3, 0.4) is 0 Å². The molecular weight excluding hydrogens is 340 g/mol. The van der Waals surface area contributed by atoms with Gasteiger partial charge >= 0.3 is 0 Å². The van der Waals surface area contributed by atoms with Crippen molar-refractivity contribution in [2.24, 2.45) is 5.10 Å². The summed E-state index contributed by atoms with van der Waals surface area (Å²) in [6.45, 7) is 3.86. The lowest BCUT2D eigenvalue weighted by Crippen LogP contribution is -2.18. The van der Waals surface area contributed by atoms with Crippen molar-refractivity contribution >= 4 is 22.9 Å². The van der Waals surface area contributed by atoms with Crippen molar-refractivity contribution < 1.29 is 14.3 Å². The number of methoxy groups -OCH3 is 1. The lowest BCUT2D eigenvalue weighted by Gasteiger charge is -2.14. The predicted molar refractivity (Wildman–Crippen MR) is 108 cm³/mol. The van der Waals surface area contributed by atoms with E-state index in [2.05, 4.69) is 16.6 Å². The fourth-order valence-corrected chi connectivity index (χ4v) is 2.68. The predicted octanol–water partition coefficient (Wildman–Crippen LogP) is 4.40. The number of amides is 1. The van der Waals surface area contributed by atoms with Gasteiger partial charge in [-0.1, -0.05) is 36.4 Å². The summed E-state index contributed by atoms with van der Waals surface area (Å²) in [5.41, 5.74) is 3.89. The number of nitrogens with zero attached hydrogens (tertiary/aromatic N) is 1. The smallest absolute Gasteiger partial charge is 0.271 e. The van der Waals surface area contributed by atoms with Gasteiger partial charge in [-0.2, -0.15) is 5.10 Å². The lowest BCUT2D eigenvalue weighted by atomic mass is 10.1. The summed E-state index contributed by atoms with van der Waals surface area (Å²) in [5.74, 6) is 0.792. The largest absolute Gasteiger partial charge is 0.493 e. The van der Waals surface area contributed by atoms with E-state index in [4.69, 9.17) is 9.47 Å². The molecule has 0 aliphatic heterocycles. The van der Waals surface area contributed by atoms with Gasteiger partial charge in [0.25, 0.3) is 5.91 Å². The molecule has 3 aromatic carbocycles. The van der Waals surface area contributed by atoms with Crippen molar-refractivity contribution in [3.8, 4) is 11.5 Å². The Morgan fingerprint density at radius 3 is 2.52 bits per heavy atom. The van der Waals surface area contributed by atoms with E-state index in [1.165, 1.54) is 0 Å². The molecule has 0 saturated carbocycles. The van der Waals surface area contributed by atoms with Crippen LogP contribution in [0.4, 0.5) is 0 Å². The SMILES string of the molecule is COc1cc(C(=O)N/N=C/c2ccc3ccccc3c2)ccc1OC(C)C. The molecule has 5 nitrogen and oxygen atoms in total. The van der Waals surface area contributed by atoms with Gasteiger partial charge in [0, 0.05) is 5.56 Å². The van der Waals surface area contributed by atoms with Crippen LogP contribution < -0.4 is 14.9 Å². The van der Waals surface area contributed by atoms with Crippen LogP contribution in [0.15, 0.2) is 65.8 Å². The average Bonchev–Trinajstić information content (AvgIpc) is 2.67. The van der Waals surface area contributed by atoms with Crippen LogP contribution in [0.2, 0.25) is 0 Å². The number of hydrogen-bond donors (Lipinski definition) is 1. The molecule has 27 heavy (non-hydrogen) atoms. The summed E-state index contributed by atoms with van der Waals surface area (Å²) in [6.07, 6.45) is 1.64. The number of ether oxygens (including phenoxy) is 2. The molecule has 1 amide bonds. The van der Waals surface area contributed by atoms with Crippen molar-refractivity contribution in [1.29, 1.82) is 0 Å². The van der Waals surface area contributed by atoms with Crippen LogP contribution in [0.1, 0.15) is 29.8 Å². The van der Waals surface area contributed by atoms with E-state index in [1.807, 2.05) is 50.2 Å². The number of carbonyl (C=O) groups is 1. The molecule has 0 aliphatic rings. The van der Waals surface area contributed by atoms with Gasteiger partial charge in [0.05, 0.1) is 19.4 Å². The van der Waals surface area contributed by atoms with E-state index in [1.54, 1.807) is 31.5 Å². The Hall–Kier alpha value is -3.34. The Balaban J connectivity index is 1.70. The molecule has 3 rings (SSSR count). The molecule has 0 radical (unpaired) electrons.